The Bertz CT molecular complexity index is 723. The van der Waals surface area contributed by atoms with E-state index in [1.807, 2.05) is 0 Å². The van der Waals surface area contributed by atoms with Crippen molar-refractivity contribution in [1.82, 2.24) is 4.98 Å². The van der Waals surface area contributed by atoms with Crippen molar-refractivity contribution in [3.63, 3.8) is 0 Å². The second-order valence-electron chi connectivity index (χ2n) is 4.04. The van der Waals surface area contributed by atoms with E-state index in [0.717, 1.165) is 0 Å². The summed E-state index contributed by atoms with van der Waals surface area (Å²) in [5, 5.41) is 0.327. The van der Waals surface area contributed by atoms with Crippen LogP contribution in [0.1, 0.15) is 11.3 Å². The van der Waals surface area contributed by atoms with Gasteiger partial charge in [-0.2, -0.15) is 0 Å². The summed E-state index contributed by atoms with van der Waals surface area (Å²) in [5.74, 6) is -0.322. The Hall–Kier alpha value is -2.21. The van der Waals surface area contributed by atoms with Gasteiger partial charge in [0.1, 0.15) is 5.75 Å². The molecule has 0 bridgehead atoms. The smallest absolute Gasteiger partial charge is 0.406 e. The first-order valence-electron chi connectivity index (χ1n) is 5.76. The standard InChI is InChI=1S/C14H9ClF3NO2/c15-11-5-7-13(20)19-12(11)6-4-9-2-1-3-10(8-9)21-14(16,17)18/h1-8H,(H,19,20)/b6-4+. The van der Waals surface area contributed by atoms with Crippen molar-refractivity contribution in [3.05, 3.63) is 63.0 Å². The van der Waals surface area contributed by atoms with Gasteiger partial charge in [-0.05, 0) is 29.8 Å². The van der Waals surface area contributed by atoms with E-state index in [2.05, 4.69) is 9.72 Å². The molecule has 0 atom stereocenters. The number of alkyl halides is 3. The van der Waals surface area contributed by atoms with Crippen molar-refractivity contribution in [2.24, 2.45) is 0 Å². The fraction of sp³-hybridized carbons (Fsp3) is 0.0714. The fourth-order valence-electron chi connectivity index (χ4n) is 1.59. The predicted molar refractivity (Wildman–Crippen MR) is 74.1 cm³/mol. The van der Waals surface area contributed by atoms with Crippen LogP contribution >= 0.6 is 11.6 Å². The molecule has 0 unspecified atom stereocenters. The van der Waals surface area contributed by atoms with E-state index in [0.29, 0.717) is 16.3 Å². The Morgan fingerprint density at radius 1 is 1.14 bits per heavy atom. The molecular weight excluding hydrogens is 307 g/mol. The summed E-state index contributed by atoms with van der Waals surface area (Å²) < 4.78 is 40.2. The zero-order valence-corrected chi connectivity index (χ0v) is 11.2. The number of hydrogen-bond donors (Lipinski definition) is 1. The third-order valence-corrected chi connectivity index (χ3v) is 2.76. The highest BCUT2D eigenvalue weighted by Gasteiger charge is 2.30. The Balaban J connectivity index is 2.23. The number of halogens is 4. The minimum atomic E-state index is -4.74. The van der Waals surface area contributed by atoms with Crippen LogP contribution in [-0.2, 0) is 0 Å². The van der Waals surface area contributed by atoms with Crippen LogP contribution in [0.2, 0.25) is 5.02 Å². The molecule has 2 aromatic rings. The van der Waals surface area contributed by atoms with Crippen molar-refractivity contribution in [2.45, 2.75) is 6.36 Å². The third-order valence-electron chi connectivity index (χ3n) is 2.43. The van der Waals surface area contributed by atoms with Crippen LogP contribution in [0.25, 0.3) is 12.2 Å². The number of H-pyrrole nitrogens is 1. The summed E-state index contributed by atoms with van der Waals surface area (Å²) >= 11 is 5.89. The highest BCUT2D eigenvalue weighted by atomic mass is 35.5. The Morgan fingerprint density at radius 2 is 1.90 bits per heavy atom. The second kappa shape index (κ2) is 6.05. The quantitative estimate of drug-likeness (QED) is 0.926. The molecule has 3 nitrogen and oxygen atoms in total. The largest absolute Gasteiger partial charge is 0.573 e. The van der Waals surface area contributed by atoms with Gasteiger partial charge in [-0.1, -0.05) is 29.8 Å². The lowest BCUT2D eigenvalue weighted by molar-refractivity contribution is -0.274. The summed E-state index contributed by atoms with van der Waals surface area (Å²) in [6, 6.07) is 8.15. The van der Waals surface area contributed by atoms with Crippen LogP contribution in [0, 0.1) is 0 Å². The number of benzene rings is 1. The van der Waals surface area contributed by atoms with Gasteiger partial charge in [0.05, 0.1) is 10.7 Å². The highest BCUT2D eigenvalue weighted by Crippen LogP contribution is 2.24. The molecule has 7 heteroatoms. The van der Waals surface area contributed by atoms with Crippen molar-refractivity contribution in [3.8, 4) is 5.75 Å². The minimum absolute atomic E-state index is 0.322. The molecule has 1 heterocycles. The SMILES string of the molecule is O=c1ccc(Cl)c(/C=C/c2cccc(OC(F)(F)F)c2)[nH]1. The number of nitrogens with one attached hydrogen (secondary N) is 1. The van der Waals surface area contributed by atoms with Gasteiger partial charge in [-0.25, -0.2) is 0 Å². The lowest BCUT2D eigenvalue weighted by Crippen LogP contribution is -2.17. The summed E-state index contributed by atoms with van der Waals surface area (Å²) in [4.78, 5) is 13.7. The molecule has 0 saturated carbocycles. The summed E-state index contributed by atoms with van der Waals surface area (Å²) in [6.45, 7) is 0. The minimum Gasteiger partial charge on any atom is -0.406 e. The van der Waals surface area contributed by atoms with Gasteiger partial charge in [-0.15, -0.1) is 13.2 Å². The molecule has 0 saturated heterocycles. The zero-order valence-electron chi connectivity index (χ0n) is 10.4. The fourth-order valence-corrected chi connectivity index (χ4v) is 1.76. The van der Waals surface area contributed by atoms with Crippen LogP contribution in [0.4, 0.5) is 13.2 Å². The normalized spacial score (nSPS) is 11.8. The molecule has 0 radical (unpaired) electrons. The Labute approximate surface area is 122 Å². The van der Waals surface area contributed by atoms with Crippen molar-refractivity contribution in [2.75, 3.05) is 0 Å². The maximum Gasteiger partial charge on any atom is 0.573 e. The van der Waals surface area contributed by atoms with Gasteiger partial charge in [0.25, 0.3) is 0 Å². The first-order chi connectivity index (χ1) is 9.83. The highest BCUT2D eigenvalue weighted by molar-refractivity contribution is 6.31. The Kier molecular flexibility index (Phi) is 4.37. The maximum absolute atomic E-state index is 12.1. The molecule has 0 aliphatic carbocycles. The molecule has 0 spiro atoms. The number of aromatic nitrogens is 1. The number of hydrogen-bond acceptors (Lipinski definition) is 2. The lowest BCUT2D eigenvalue weighted by Gasteiger charge is -2.08. The molecule has 0 fully saturated rings. The van der Waals surface area contributed by atoms with Crippen LogP contribution in [0.5, 0.6) is 5.75 Å². The summed E-state index contributed by atoms with van der Waals surface area (Å²) in [7, 11) is 0. The van der Waals surface area contributed by atoms with Crippen LogP contribution in [0.3, 0.4) is 0 Å². The van der Waals surface area contributed by atoms with Gasteiger partial charge in [0.2, 0.25) is 5.56 Å². The molecule has 1 aromatic heterocycles. The van der Waals surface area contributed by atoms with E-state index in [1.54, 1.807) is 6.07 Å². The lowest BCUT2D eigenvalue weighted by atomic mass is 10.2. The van der Waals surface area contributed by atoms with Gasteiger partial charge < -0.3 is 9.72 Å². The molecule has 0 aliphatic heterocycles. The van der Waals surface area contributed by atoms with E-state index in [9.17, 15) is 18.0 Å². The van der Waals surface area contributed by atoms with E-state index in [4.69, 9.17) is 11.6 Å². The van der Waals surface area contributed by atoms with Gasteiger partial charge >= 0.3 is 6.36 Å². The van der Waals surface area contributed by atoms with Gasteiger partial charge in [-0.3, -0.25) is 4.79 Å². The van der Waals surface area contributed by atoms with Crippen molar-refractivity contribution in [1.29, 1.82) is 0 Å². The molecule has 1 N–H and O–H groups in total. The molecule has 21 heavy (non-hydrogen) atoms. The van der Waals surface area contributed by atoms with Gasteiger partial charge in [0, 0.05) is 6.07 Å². The number of pyridine rings is 1. The first kappa shape index (κ1) is 15.2. The Morgan fingerprint density at radius 3 is 2.62 bits per heavy atom. The number of aromatic amines is 1. The van der Waals surface area contributed by atoms with E-state index >= 15 is 0 Å². The molecule has 0 amide bonds. The second-order valence-corrected chi connectivity index (χ2v) is 4.45. The van der Waals surface area contributed by atoms with Crippen LogP contribution in [0.15, 0.2) is 41.2 Å². The number of rotatable bonds is 3. The van der Waals surface area contributed by atoms with E-state index in [1.165, 1.54) is 42.5 Å². The average molecular weight is 316 g/mol. The van der Waals surface area contributed by atoms with E-state index < -0.39 is 6.36 Å². The van der Waals surface area contributed by atoms with Crippen molar-refractivity contribution >= 4 is 23.8 Å². The number of ether oxygens (including phenoxy) is 1. The average Bonchev–Trinajstić information content (AvgIpc) is 2.38. The maximum atomic E-state index is 12.1. The monoisotopic (exact) mass is 315 g/mol. The molecule has 110 valence electrons. The zero-order chi connectivity index (χ0) is 15.5. The van der Waals surface area contributed by atoms with Crippen molar-refractivity contribution < 1.29 is 17.9 Å². The summed E-state index contributed by atoms with van der Waals surface area (Å²) in [6.07, 6.45) is -1.73. The van der Waals surface area contributed by atoms with E-state index in [-0.39, 0.29) is 11.3 Å². The predicted octanol–water partition coefficient (Wildman–Crippen LogP) is 4.10. The first-order valence-corrected chi connectivity index (χ1v) is 6.14. The topological polar surface area (TPSA) is 42.1 Å². The molecule has 2 rings (SSSR count). The summed E-state index contributed by atoms with van der Waals surface area (Å²) in [5.41, 5.74) is 0.511. The van der Waals surface area contributed by atoms with Crippen LogP contribution < -0.4 is 10.3 Å². The molecule has 0 aliphatic rings. The third kappa shape index (κ3) is 4.68. The molecular formula is C14H9ClF3NO2. The van der Waals surface area contributed by atoms with Crippen LogP contribution in [-0.4, -0.2) is 11.3 Å². The van der Waals surface area contributed by atoms with Gasteiger partial charge in [0.15, 0.2) is 0 Å². The molecule has 1 aromatic carbocycles.